The fraction of sp³-hybridized carbons (Fsp3) is 1.00. The van der Waals surface area contributed by atoms with Crippen LogP contribution in [0.25, 0.3) is 0 Å². The summed E-state index contributed by atoms with van der Waals surface area (Å²) in [7, 11) is 9.89. The molecule has 48 heavy (non-hydrogen) atoms. The lowest BCUT2D eigenvalue weighted by Crippen LogP contribution is -3.00. The molecular weight excluding hydrogens is 627 g/mol. The van der Waals surface area contributed by atoms with Gasteiger partial charge in [-0.2, -0.15) is 0 Å². The maximum absolute atomic E-state index is 2.47. The van der Waals surface area contributed by atoms with Gasteiger partial charge in [0.1, 0.15) is 0 Å². The Labute approximate surface area is 319 Å². The average molecular weight is 722 g/mol. The molecular formula is C44H94Cl2N2. The van der Waals surface area contributed by atoms with Gasteiger partial charge in [-0.25, -0.2) is 0 Å². The topological polar surface area (TPSA) is 0 Å². The highest BCUT2D eigenvalue weighted by atomic mass is 35.5. The lowest BCUT2D eigenvalue weighted by atomic mass is 10.0. The van der Waals surface area contributed by atoms with Crippen molar-refractivity contribution in [2.45, 2.75) is 232 Å². The SMILES string of the molecule is CCCCCCCCCCCCCCCCC[N+](C)(C)CCCCCC[N+](C)(C)CCCCCCCCCCCCCCCCC.[Cl-].[Cl-]. The number of unbranched alkanes of at least 4 members (excludes halogenated alkanes) is 31. The molecule has 0 aliphatic heterocycles. The van der Waals surface area contributed by atoms with Crippen molar-refractivity contribution in [3.8, 4) is 0 Å². The lowest BCUT2D eigenvalue weighted by Gasteiger charge is -2.31. The molecule has 0 aromatic heterocycles. The van der Waals surface area contributed by atoms with Gasteiger partial charge in [-0.3, -0.25) is 0 Å². The minimum absolute atomic E-state index is 0. The van der Waals surface area contributed by atoms with Crippen LogP contribution in [-0.2, 0) is 0 Å². The summed E-state index contributed by atoms with van der Waals surface area (Å²) in [4.78, 5) is 0. The molecule has 0 fully saturated rings. The predicted molar refractivity (Wildman–Crippen MR) is 212 cm³/mol. The van der Waals surface area contributed by atoms with Crippen molar-refractivity contribution < 1.29 is 33.8 Å². The normalized spacial score (nSPS) is 11.9. The summed E-state index contributed by atoms with van der Waals surface area (Å²) in [6.45, 7) is 10.1. The molecule has 0 spiro atoms. The summed E-state index contributed by atoms with van der Waals surface area (Å²) in [5, 5.41) is 0. The zero-order valence-corrected chi connectivity index (χ0v) is 36.0. The van der Waals surface area contributed by atoms with Crippen molar-refractivity contribution in [2.75, 3.05) is 54.4 Å². The smallest absolute Gasteiger partial charge is 0.0782 e. The third kappa shape index (κ3) is 42.7. The average Bonchev–Trinajstić information content (AvgIpc) is 3.02. The van der Waals surface area contributed by atoms with Crippen LogP contribution in [0.2, 0.25) is 0 Å². The Kier molecular flexibility index (Phi) is 44.3. The van der Waals surface area contributed by atoms with Crippen LogP contribution in [0.1, 0.15) is 232 Å². The minimum Gasteiger partial charge on any atom is -1.00 e. The molecule has 0 amide bonds. The van der Waals surface area contributed by atoms with Gasteiger partial charge in [0, 0.05) is 0 Å². The van der Waals surface area contributed by atoms with Gasteiger partial charge >= 0.3 is 0 Å². The van der Waals surface area contributed by atoms with Crippen molar-refractivity contribution in [3.05, 3.63) is 0 Å². The Hall–Kier alpha value is 0.500. The maximum Gasteiger partial charge on any atom is 0.0782 e. The number of hydrogen-bond acceptors (Lipinski definition) is 0. The first-order chi connectivity index (χ1) is 22.3. The van der Waals surface area contributed by atoms with E-state index in [2.05, 4.69) is 42.0 Å². The van der Waals surface area contributed by atoms with E-state index >= 15 is 0 Å². The monoisotopic (exact) mass is 721 g/mol. The zero-order chi connectivity index (χ0) is 33.9. The molecule has 0 heterocycles. The van der Waals surface area contributed by atoms with Gasteiger partial charge in [0.2, 0.25) is 0 Å². The summed E-state index contributed by atoms with van der Waals surface area (Å²) in [6, 6.07) is 0. The first kappa shape index (κ1) is 52.9. The van der Waals surface area contributed by atoms with E-state index in [4.69, 9.17) is 0 Å². The molecule has 0 radical (unpaired) electrons. The van der Waals surface area contributed by atoms with Crippen molar-refractivity contribution in [1.82, 2.24) is 0 Å². The highest BCUT2D eigenvalue weighted by Crippen LogP contribution is 2.16. The Morgan fingerprint density at radius 1 is 0.208 bits per heavy atom. The van der Waals surface area contributed by atoms with Crippen molar-refractivity contribution >= 4 is 0 Å². The quantitative estimate of drug-likeness (QED) is 0.0442. The van der Waals surface area contributed by atoms with E-state index in [0.29, 0.717) is 0 Å². The van der Waals surface area contributed by atoms with Crippen LogP contribution in [0.15, 0.2) is 0 Å². The third-order valence-corrected chi connectivity index (χ3v) is 11.0. The van der Waals surface area contributed by atoms with Gasteiger partial charge in [0.15, 0.2) is 0 Å². The molecule has 0 bridgehead atoms. The van der Waals surface area contributed by atoms with Gasteiger partial charge in [-0.15, -0.1) is 0 Å². The molecule has 0 aliphatic carbocycles. The van der Waals surface area contributed by atoms with Crippen molar-refractivity contribution in [3.63, 3.8) is 0 Å². The molecule has 0 aromatic carbocycles. The molecule has 0 saturated carbocycles. The first-order valence-corrected chi connectivity index (χ1v) is 22.0. The second kappa shape index (κ2) is 40.3. The second-order valence-corrected chi connectivity index (χ2v) is 17.1. The molecule has 4 heteroatoms. The van der Waals surface area contributed by atoms with Crippen LogP contribution in [0.3, 0.4) is 0 Å². The molecule has 0 unspecified atom stereocenters. The minimum atomic E-state index is 0. The van der Waals surface area contributed by atoms with E-state index in [1.807, 2.05) is 0 Å². The number of nitrogens with zero attached hydrogens (tertiary/aromatic N) is 2. The van der Waals surface area contributed by atoms with Gasteiger partial charge in [0.05, 0.1) is 54.4 Å². The molecule has 2 nitrogen and oxygen atoms in total. The summed E-state index contributed by atoms with van der Waals surface area (Å²) in [6.07, 6.45) is 49.5. The summed E-state index contributed by atoms with van der Waals surface area (Å²) >= 11 is 0. The Morgan fingerprint density at radius 3 is 0.479 bits per heavy atom. The number of rotatable bonds is 39. The molecule has 0 rings (SSSR count). The van der Waals surface area contributed by atoms with Crippen LogP contribution in [0.5, 0.6) is 0 Å². The standard InChI is InChI=1S/C44H94N2.2ClH/c1-7-9-11-13-15-17-19-21-23-25-27-29-31-33-37-41-45(3,4)43-39-35-36-40-44-46(5,6)42-38-34-32-30-28-26-24-22-20-18-16-14-12-10-8-2;;/h7-44H2,1-6H3;2*1H/q+2;;/p-2. The van der Waals surface area contributed by atoms with E-state index in [0.717, 1.165) is 0 Å². The fourth-order valence-electron chi connectivity index (χ4n) is 7.48. The summed E-state index contributed by atoms with van der Waals surface area (Å²) in [5.74, 6) is 0. The van der Waals surface area contributed by atoms with Crippen LogP contribution in [0, 0.1) is 0 Å². The van der Waals surface area contributed by atoms with E-state index < -0.39 is 0 Å². The molecule has 0 atom stereocenters. The van der Waals surface area contributed by atoms with Crippen LogP contribution in [0.4, 0.5) is 0 Å². The highest BCUT2D eigenvalue weighted by Gasteiger charge is 2.16. The molecule has 294 valence electrons. The number of quaternary nitrogens is 2. The molecule has 0 N–H and O–H groups in total. The van der Waals surface area contributed by atoms with Crippen molar-refractivity contribution in [2.24, 2.45) is 0 Å². The van der Waals surface area contributed by atoms with Crippen LogP contribution < -0.4 is 24.8 Å². The van der Waals surface area contributed by atoms with Crippen LogP contribution in [-0.4, -0.2) is 63.3 Å². The summed E-state index contributed by atoms with van der Waals surface area (Å²) in [5.41, 5.74) is 0. The second-order valence-electron chi connectivity index (χ2n) is 17.1. The lowest BCUT2D eigenvalue weighted by molar-refractivity contribution is -0.891. The van der Waals surface area contributed by atoms with E-state index in [1.54, 1.807) is 0 Å². The Balaban J connectivity index is -0.0000101. The number of hydrogen-bond donors (Lipinski definition) is 0. The van der Waals surface area contributed by atoms with E-state index in [-0.39, 0.29) is 24.8 Å². The van der Waals surface area contributed by atoms with Gasteiger partial charge < -0.3 is 33.8 Å². The van der Waals surface area contributed by atoms with Crippen LogP contribution >= 0.6 is 0 Å². The third-order valence-electron chi connectivity index (χ3n) is 11.0. The van der Waals surface area contributed by atoms with E-state index in [9.17, 15) is 0 Å². The predicted octanol–water partition coefficient (Wildman–Crippen LogP) is 8.45. The fourth-order valence-corrected chi connectivity index (χ4v) is 7.48. The van der Waals surface area contributed by atoms with E-state index in [1.165, 1.54) is 253 Å². The van der Waals surface area contributed by atoms with Gasteiger partial charge in [0.25, 0.3) is 0 Å². The highest BCUT2D eigenvalue weighted by molar-refractivity contribution is 4.52. The Bertz CT molecular complexity index is 530. The molecule has 0 aliphatic rings. The molecule has 0 aromatic rings. The number of halogens is 2. The van der Waals surface area contributed by atoms with Crippen molar-refractivity contribution in [1.29, 1.82) is 0 Å². The van der Waals surface area contributed by atoms with Gasteiger partial charge in [-0.05, 0) is 51.4 Å². The largest absolute Gasteiger partial charge is 1.00 e. The first-order valence-electron chi connectivity index (χ1n) is 22.0. The maximum atomic E-state index is 2.47. The molecule has 0 saturated heterocycles. The zero-order valence-electron chi connectivity index (χ0n) is 34.5. The Morgan fingerprint density at radius 2 is 0.333 bits per heavy atom. The summed E-state index contributed by atoms with van der Waals surface area (Å²) < 4.78 is 2.47. The van der Waals surface area contributed by atoms with Gasteiger partial charge in [-0.1, -0.05) is 181 Å².